The molecule has 148 valence electrons. The largest absolute Gasteiger partial charge is 0.494 e. The van der Waals surface area contributed by atoms with Crippen LogP contribution in [0.1, 0.15) is 37.7 Å². The Balaban J connectivity index is 1.31. The summed E-state index contributed by atoms with van der Waals surface area (Å²) in [5, 5.41) is 2.98. The van der Waals surface area contributed by atoms with Gasteiger partial charge in [-0.25, -0.2) is 4.79 Å². The van der Waals surface area contributed by atoms with E-state index in [4.69, 9.17) is 14.2 Å². The van der Waals surface area contributed by atoms with Gasteiger partial charge in [-0.2, -0.15) is 0 Å². The number of hydrogen-bond donors (Lipinski definition) is 1. The predicted octanol–water partition coefficient (Wildman–Crippen LogP) is 4.62. The van der Waals surface area contributed by atoms with Crippen molar-refractivity contribution in [1.82, 2.24) is 4.90 Å². The number of urea groups is 1. The van der Waals surface area contributed by atoms with Crippen molar-refractivity contribution >= 4 is 11.7 Å². The van der Waals surface area contributed by atoms with Crippen molar-refractivity contribution in [3.63, 3.8) is 0 Å². The molecule has 0 radical (unpaired) electrons. The molecule has 6 heteroatoms. The summed E-state index contributed by atoms with van der Waals surface area (Å²) in [4.78, 5) is 14.5. The molecule has 0 spiro atoms. The zero-order valence-corrected chi connectivity index (χ0v) is 16.1. The van der Waals surface area contributed by atoms with Crippen molar-refractivity contribution in [2.24, 2.45) is 0 Å². The highest BCUT2D eigenvalue weighted by Gasteiger charge is 2.28. The molecule has 0 bridgehead atoms. The van der Waals surface area contributed by atoms with Crippen molar-refractivity contribution in [1.29, 1.82) is 0 Å². The van der Waals surface area contributed by atoms with E-state index in [-0.39, 0.29) is 12.8 Å². The van der Waals surface area contributed by atoms with Crippen LogP contribution in [0.2, 0.25) is 0 Å². The maximum atomic E-state index is 12.6. The molecule has 4 rings (SSSR count). The van der Waals surface area contributed by atoms with Gasteiger partial charge in [0.1, 0.15) is 5.75 Å². The van der Waals surface area contributed by atoms with Gasteiger partial charge in [-0.1, -0.05) is 19.4 Å². The van der Waals surface area contributed by atoms with Gasteiger partial charge in [0.15, 0.2) is 11.5 Å². The van der Waals surface area contributed by atoms with E-state index in [2.05, 4.69) is 18.3 Å². The smallest absolute Gasteiger partial charge is 0.321 e. The van der Waals surface area contributed by atoms with E-state index in [1.165, 1.54) is 5.56 Å². The highest BCUT2D eigenvalue weighted by molar-refractivity contribution is 5.89. The molecule has 1 N–H and O–H groups in total. The normalized spacial score (nSPS) is 17.6. The Kier molecular flexibility index (Phi) is 5.55. The zero-order valence-electron chi connectivity index (χ0n) is 16.1. The van der Waals surface area contributed by atoms with Crippen LogP contribution in [-0.4, -0.2) is 37.4 Å². The molecule has 2 aliphatic heterocycles. The van der Waals surface area contributed by atoms with E-state index >= 15 is 0 Å². The number of ether oxygens (including phenoxy) is 3. The summed E-state index contributed by atoms with van der Waals surface area (Å²) in [5.41, 5.74) is 1.97. The maximum Gasteiger partial charge on any atom is 0.321 e. The third-order valence-corrected chi connectivity index (χ3v) is 5.22. The average molecular weight is 382 g/mol. The standard InChI is InChI=1S/C22H26N2O4/c1-2-3-12-26-19-7-5-18(6-8-19)23-22(25)24-11-10-17(14-24)16-4-9-20-21(13-16)28-15-27-20/h4-9,13,17H,2-3,10-12,14-15H2,1H3,(H,23,25). The molecule has 0 saturated carbocycles. The van der Waals surface area contributed by atoms with Crippen LogP contribution in [0.5, 0.6) is 17.2 Å². The first-order valence-electron chi connectivity index (χ1n) is 9.91. The number of carbonyl (C=O) groups is 1. The molecule has 2 aromatic carbocycles. The van der Waals surface area contributed by atoms with Crippen LogP contribution in [0, 0.1) is 0 Å². The van der Waals surface area contributed by atoms with E-state index in [1.807, 2.05) is 41.3 Å². The molecule has 1 saturated heterocycles. The van der Waals surface area contributed by atoms with Crippen molar-refractivity contribution in [2.45, 2.75) is 32.1 Å². The van der Waals surface area contributed by atoms with Gasteiger partial charge in [0.2, 0.25) is 6.79 Å². The maximum absolute atomic E-state index is 12.6. The number of carbonyl (C=O) groups excluding carboxylic acids is 1. The molecule has 6 nitrogen and oxygen atoms in total. The fourth-order valence-corrected chi connectivity index (χ4v) is 3.56. The van der Waals surface area contributed by atoms with Gasteiger partial charge in [0.25, 0.3) is 0 Å². The first kappa shape index (κ1) is 18.5. The number of fused-ring (bicyclic) bond motifs is 1. The Morgan fingerprint density at radius 2 is 2.00 bits per heavy atom. The van der Waals surface area contributed by atoms with Crippen molar-refractivity contribution in [2.75, 3.05) is 31.8 Å². The Hall–Kier alpha value is -2.89. The lowest BCUT2D eigenvalue weighted by atomic mass is 9.98. The molecular formula is C22H26N2O4. The van der Waals surface area contributed by atoms with Gasteiger partial charge in [-0.05, 0) is 54.8 Å². The summed E-state index contributed by atoms with van der Waals surface area (Å²) < 4.78 is 16.5. The van der Waals surface area contributed by atoms with Crippen LogP contribution in [0.25, 0.3) is 0 Å². The first-order chi connectivity index (χ1) is 13.7. The van der Waals surface area contributed by atoms with E-state index in [9.17, 15) is 4.79 Å². The number of likely N-dealkylation sites (tertiary alicyclic amines) is 1. The molecule has 0 aliphatic carbocycles. The van der Waals surface area contributed by atoms with Gasteiger partial charge in [0, 0.05) is 24.7 Å². The molecule has 1 atom stereocenters. The second-order valence-corrected chi connectivity index (χ2v) is 7.20. The van der Waals surface area contributed by atoms with E-state index < -0.39 is 0 Å². The molecule has 2 amide bonds. The van der Waals surface area contributed by atoms with Crippen molar-refractivity contribution in [3.8, 4) is 17.2 Å². The molecule has 2 aliphatic rings. The van der Waals surface area contributed by atoms with E-state index in [0.29, 0.717) is 12.5 Å². The fraction of sp³-hybridized carbons (Fsp3) is 0.409. The van der Waals surface area contributed by atoms with Gasteiger partial charge in [0.05, 0.1) is 6.61 Å². The Bertz CT molecular complexity index is 822. The number of nitrogens with one attached hydrogen (secondary N) is 1. The minimum atomic E-state index is -0.0668. The summed E-state index contributed by atoms with van der Waals surface area (Å²) in [5.74, 6) is 2.73. The SMILES string of the molecule is CCCCOc1ccc(NC(=O)N2CCC(c3ccc4c(c3)OCO4)C2)cc1. The summed E-state index contributed by atoms with van der Waals surface area (Å²) in [7, 11) is 0. The van der Waals surface area contributed by atoms with Gasteiger partial charge >= 0.3 is 6.03 Å². The molecule has 2 heterocycles. The van der Waals surface area contributed by atoms with Gasteiger partial charge in [-0.15, -0.1) is 0 Å². The molecule has 2 aromatic rings. The Morgan fingerprint density at radius 1 is 1.18 bits per heavy atom. The molecule has 1 unspecified atom stereocenters. The van der Waals surface area contributed by atoms with Crippen molar-refractivity contribution in [3.05, 3.63) is 48.0 Å². The zero-order chi connectivity index (χ0) is 19.3. The van der Waals surface area contributed by atoms with Crippen molar-refractivity contribution < 1.29 is 19.0 Å². The molecule has 1 fully saturated rings. The lowest BCUT2D eigenvalue weighted by Crippen LogP contribution is -2.32. The van der Waals surface area contributed by atoms with Crippen LogP contribution in [0.15, 0.2) is 42.5 Å². The van der Waals surface area contributed by atoms with Crippen LogP contribution in [0.3, 0.4) is 0 Å². The lowest BCUT2D eigenvalue weighted by Gasteiger charge is -2.18. The molecule has 0 aromatic heterocycles. The number of rotatable bonds is 6. The Labute approximate surface area is 165 Å². The summed E-state index contributed by atoms with van der Waals surface area (Å²) >= 11 is 0. The summed E-state index contributed by atoms with van der Waals surface area (Å²) in [6.45, 7) is 4.57. The second kappa shape index (κ2) is 8.42. The quantitative estimate of drug-likeness (QED) is 0.741. The average Bonchev–Trinajstić information content (AvgIpc) is 3.38. The third-order valence-electron chi connectivity index (χ3n) is 5.22. The number of nitrogens with zero attached hydrogens (tertiary/aromatic N) is 1. The summed E-state index contributed by atoms with van der Waals surface area (Å²) in [6.07, 6.45) is 3.09. The van der Waals surface area contributed by atoms with Gasteiger partial charge in [-0.3, -0.25) is 0 Å². The lowest BCUT2D eigenvalue weighted by molar-refractivity contribution is 0.174. The van der Waals surface area contributed by atoms with E-state index in [1.54, 1.807) is 0 Å². The fourth-order valence-electron chi connectivity index (χ4n) is 3.56. The van der Waals surface area contributed by atoms with Crippen LogP contribution >= 0.6 is 0 Å². The predicted molar refractivity (Wildman–Crippen MR) is 107 cm³/mol. The molecular weight excluding hydrogens is 356 g/mol. The Morgan fingerprint density at radius 3 is 2.82 bits per heavy atom. The number of amides is 2. The van der Waals surface area contributed by atoms with Gasteiger partial charge < -0.3 is 24.4 Å². The number of benzene rings is 2. The first-order valence-corrected chi connectivity index (χ1v) is 9.91. The van der Waals surface area contributed by atoms with Crippen LogP contribution in [0.4, 0.5) is 10.5 Å². The highest BCUT2D eigenvalue weighted by atomic mass is 16.7. The molecule has 28 heavy (non-hydrogen) atoms. The number of unbranched alkanes of at least 4 members (excludes halogenated alkanes) is 1. The second-order valence-electron chi connectivity index (χ2n) is 7.20. The minimum Gasteiger partial charge on any atom is -0.494 e. The van der Waals surface area contributed by atoms with Crippen LogP contribution in [-0.2, 0) is 0 Å². The van der Waals surface area contributed by atoms with E-state index in [0.717, 1.165) is 55.4 Å². The summed E-state index contributed by atoms with van der Waals surface area (Å²) in [6, 6.07) is 13.5. The number of anilines is 1. The number of hydrogen-bond acceptors (Lipinski definition) is 4. The third kappa shape index (κ3) is 4.16. The van der Waals surface area contributed by atoms with Crippen LogP contribution < -0.4 is 19.5 Å². The minimum absolute atomic E-state index is 0.0668. The topological polar surface area (TPSA) is 60.0 Å². The monoisotopic (exact) mass is 382 g/mol. The highest BCUT2D eigenvalue weighted by Crippen LogP contribution is 2.37.